The van der Waals surface area contributed by atoms with Crippen molar-refractivity contribution in [1.82, 2.24) is 0 Å². The van der Waals surface area contributed by atoms with E-state index in [1.807, 2.05) is 60.7 Å². The van der Waals surface area contributed by atoms with Gasteiger partial charge in [-0.25, -0.2) is 0 Å². The van der Waals surface area contributed by atoms with Gasteiger partial charge in [0, 0.05) is 24.6 Å². The van der Waals surface area contributed by atoms with Crippen molar-refractivity contribution < 1.29 is 33.8 Å². The van der Waals surface area contributed by atoms with Gasteiger partial charge in [-0.15, -0.1) is 4.91 Å². The van der Waals surface area contributed by atoms with Crippen molar-refractivity contribution in [2.24, 2.45) is 10.9 Å². The normalized spacial score (nSPS) is 13.8. The van der Waals surface area contributed by atoms with Gasteiger partial charge >= 0.3 is 11.9 Å². The summed E-state index contributed by atoms with van der Waals surface area (Å²) in [5, 5.41) is 11.5. The van der Waals surface area contributed by atoms with Crippen molar-refractivity contribution in [3.05, 3.63) is 88.6 Å². The molecule has 2 aromatic carbocycles. The Labute approximate surface area is 249 Å². The molecule has 0 saturated carbocycles. The third kappa shape index (κ3) is 13.0. The van der Waals surface area contributed by atoms with Crippen LogP contribution in [0.1, 0.15) is 63.4 Å². The summed E-state index contributed by atoms with van der Waals surface area (Å²) in [7, 11) is 1.42. The number of amides is 1. The number of carbonyl (C=O) groups is 2. The Morgan fingerprint density at radius 1 is 1.00 bits per heavy atom. The third-order valence-electron chi connectivity index (χ3n) is 6.53. The average molecular weight is 601 g/mol. The fraction of sp³-hybridized carbons (Fsp3) is 0.419. The zero-order chi connectivity index (χ0) is 30.6. The van der Waals surface area contributed by atoms with Crippen LogP contribution in [0.15, 0.2) is 83.3 Å². The van der Waals surface area contributed by atoms with Gasteiger partial charge in [0.25, 0.3) is 0 Å². The van der Waals surface area contributed by atoms with Gasteiger partial charge in [0.1, 0.15) is 24.2 Å². The molecule has 1 unspecified atom stereocenters. The van der Waals surface area contributed by atoms with Crippen molar-refractivity contribution in [1.29, 1.82) is 0 Å². The van der Waals surface area contributed by atoms with Crippen LogP contribution < -0.4 is 10.5 Å². The summed E-state index contributed by atoms with van der Waals surface area (Å²) in [5.41, 5.74) is 7.59. The second-order valence-electron chi connectivity index (χ2n) is 9.69. The first-order valence-electron chi connectivity index (χ1n) is 14.0. The summed E-state index contributed by atoms with van der Waals surface area (Å²) < 4.78 is 17.8. The monoisotopic (exact) mass is 600 g/mol. The molecule has 2 aromatic rings. The van der Waals surface area contributed by atoms with E-state index in [9.17, 15) is 19.6 Å². The molecule has 3 rings (SSSR count). The summed E-state index contributed by atoms with van der Waals surface area (Å²) in [6.07, 6.45) is 8.22. The number of hydrogen-bond donors (Lipinski definition) is 3. The molecule has 1 amide bonds. The molecule has 228 valence electrons. The van der Waals surface area contributed by atoms with E-state index >= 15 is 0 Å². The van der Waals surface area contributed by atoms with E-state index in [2.05, 4.69) is 11.3 Å². The Bertz CT molecular complexity index is 1170. The Kier molecular flexibility index (Phi) is 16.9. The number of rotatable bonds is 17. The quantitative estimate of drug-likeness (QED) is 0.119. The Balaban J connectivity index is 0.00000301. The molecule has 1 aliphatic carbocycles. The fourth-order valence-electron chi connectivity index (χ4n) is 4.39. The van der Waals surface area contributed by atoms with E-state index in [1.54, 1.807) is 0 Å². The van der Waals surface area contributed by atoms with Gasteiger partial charge < -0.3 is 29.9 Å². The molecule has 0 saturated heterocycles. The minimum atomic E-state index is -0.950. The van der Waals surface area contributed by atoms with Crippen LogP contribution in [0.4, 0.5) is 0 Å². The van der Waals surface area contributed by atoms with Crippen LogP contribution in [-0.2, 0) is 25.7 Å². The molecule has 0 bridgehead atoms. The molecule has 4 N–H and O–H groups in total. The molecule has 1 aliphatic rings. The predicted molar refractivity (Wildman–Crippen MR) is 163 cm³/mol. The number of aliphatic hydroxyl groups is 1. The summed E-state index contributed by atoms with van der Waals surface area (Å²) in [6.45, 7) is 0.372. The fourth-order valence-corrected chi connectivity index (χ4v) is 4.39. The molecular weight excluding hydrogens is 559 g/mol. The lowest BCUT2D eigenvalue weighted by Gasteiger charge is -2.20. The van der Waals surface area contributed by atoms with Crippen molar-refractivity contribution in [3.8, 4) is 11.5 Å². The molecule has 11 heteroatoms. The molecule has 0 aromatic heterocycles. The number of nitroso groups, excluding NO2 is 1. The van der Waals surface area contributed by atoms with E-state index in [0.29, 0.717) is 38.7 Å². The molecular formula is C31H41N2O8P. The van der Waals surface area contributed by atoms with E-state index < -0.39 is 18.1 Å². The lowest BCUT2D eigenvalue weighted by molar-refractivity contribution is -0.150. The van der Waals surface area contributed by atoms with Crippen LogP contribution in [0, 0.1) is 4.91 Å². The number of ether oxygens (including phenoxy) is 3. The highest BCUT2D eigenvalue weighted by Gasteiger charge is 2.19. The van der Waals surface area contributed by atoms with Crippen molar-refractivity contribution in [2.45, 2.75) is 76.5 Å². The SMILES string of the molecule is N[C@@H](CCC[C@H](CCCO)OC(=O)CCC1=C(OCc2cccc(Oc3ccccc3)c2)CCC=C1)C(=O)N=O.OP. The van der Waals surface area contributed by atoms with Gasteiger partial charge in [-0.05, 0) is 89.8 Å². The van der Waals surface area contributed by atoms with Crippen LogP contribution >= 0.6 is 9.47 Å². The molecule has 42 heavy (non-hydrogen) atoms. The minimum absolute atomic E-state index is 0.0131. The van der Waals surface area contributed by atoms with E-state index in [4.69, 9.17) is 24.8 Å². The highest BCUT2D eigenvalue weighted by atomic mass is 31.0. The van der Waals surface area contributed by atoms with Crippen LogP contribution in [-0.4, -0.2) is 40.6 Å². The summed E-state index contributed by atoms with van der Waals surface area (Å²) >= 11 is 0. The Hall–Kier alpha value is -3.43. The van der Waals surface area contributed by atoms with Crippen molar-refractivity contribution in [3.63, 3.8) is 0 Å². The number of carbonyl (C=O) groups excluding carboxylic acids is 2. The van der Waals surface area contributed by atoms with Crippen molar-refractivity contribution >= 4 is 21.3 Å². The van der Waals surface area contributed by atoms with Gasteiger partial charge in [-0.3, -0.25) is 9.59 Å². The number of hydrogen-bond acceptors (Lipinski definition) is 9. The first-order chi connectivity index (χ1) is 20.5. The number of nitrogens with two attached hydrogens (primary N) is 1. The second-order valence-corrected chi connectivity index (χ2v) is 9.69. The Morgan fingerprint density at radius 2 is 1.74 bits per heavy atom. The number of nitrogens with zero attached hydrogens (tertiary/aromatic N) is 1. The first kappa shape index (κ1) is 34.8. The summed E-state index contributed by atoms with van der Waals surface area (Å²) in [4.78, 5) is 41.2. The highest BCUT2D eigenvalue weighted by molar-refractivity contribution is 7.08. The van der Waals surface area contributed by atoms with E-state index in [0.717, 1.165) is 41.2 Å². The lowest BCUT2D eigenvalue weighted by atomic mass is 10.0. The topological polar surface area (TPSA) is 158 Å². The molecule has 0 aliphatic heterocycles. The third-order valence-corrected chi connectivity index (χ3v) is 6.53. The van der Waals surface area contributed by atoms with Gasteiger partial charge in [0.2, 0.25) is 0 Å². The van der Waals surface area contributed by atoms with E-state index in [1.165, 1.54) is 9.47 Å². The summed E-state index contributed by atoms with van der Waals surface area (Å²) in [5.74, 6) is 1.14. The molecule has 10 nitrogen and oxygen atoms in total. The number of para-hydroxylation sites is 1. The van der Waals surface area contributed by atoms with Crippen LogP contribution in [0.25, 0.3) is 0 Å². The maximum absolute atomic E-state index is 12.7. The Morgan fingerprint density at radius 3 is 2.48 bits per heavy atom. The largest absolute Gasteiger partial charge is 0.493 e. The maximum Gasteiger partial charge on any atom is 0.306 e. The van der Waals surface area contributed by atoms with Gasteiger partial charge in [0.15, 0.2) is 0 Å². The summed E-state index contributed by atoms with van der Waals surface area (Å²) in [6, 6.07) is 16.4. The number of benzene rings is 2. The minimum Gasteiger partial charge on any atom is -0.493 e. The number of allylic oxidation sites excluding steroid dienone is 4. The highest BCUT2D eigenvalue weighted by Crippen LogP contribution is 2.27. The molecule has 0 radical (unpaired) electrons. The molecule has 0 spiro atoms. The number of esters is 1. The molecule has 3 atom stereocenters. The molecule has 0 fully saturated rings. The van der Waals surface area contributed by atoms with Gasteiger partial charge in [-0.1, -0.05) is 42.5 Å². The maximum atomic E-state index is 12.7. The van der Waals surface area contributed by atoms with Crippen LogP contribution in [0.5, 0.6) is 11.5 Å². The van der Waals surface area contributed by atoms with Crippen LogP contribution in [0.3, 0.4) is 0 Å². The average Bonchev–Trinajstić information content (AvgIpc) is 3.03. The lowest BCUT2D eigenvalue weighted by Crippen LogP contribution is -2.29. The molecule has 0 heterocycles. The standard InChI is InChI=1S/C31H38N2O7.H3OP/c32-28(31(36)33-37)16-7-13-26(15-8-20-34)40-30(35)19-18-24-10-4-5-17-29(24)38-22-23-9-6-14-27(21-23)39-25-11-2-1-3-12-25;1-2/h1-4,6,9-12,14,21,26,28,34H,5,7-8,13,15-20,22,32H2;1H,2H2/t26-,28+;/m1./s1. The van der Waals surface area contributed by atoms with Gasteiger partial charge in [0.05, 0.1) is 11.8 Å². The first-order valence-corrected chi connectivity index (χ1v) is 14.5. The number of aliphatic hydroxyl groups excluding tert-OH is 1. The smallest absolute Gasteiger partial charge is 0.306 e. The predicted octanol–water partition coefficient (Wildman–Crippen LogP) is 5.62. The second kappa shape index (κ2) is 20.4. The van der Waals surface area contributed by atoms with Gasteiger partial charge in [-0.2, -0.15) is 0 Å². The van der Waals surface area contributed by atoms with E-state index in [-0.39, 0.29) is 25.4 Å². The zero-order valence-corrected chi connectivity index (χ0v) is 24.9. The zero-order valence-electron chi connectivity index (χ0n) is 23.7. The van der Waals surface area contributed by atoms with Crippen LogP contribution in [0.2, 0.25) is 0 Å². The van der Waals surface area contributed by atoms with Crippen molar-refractivity contribution in [2.75, 3.05) is 6.61 Å².